The molecule has 1 fully saturated rings. The van der Waals surface area contributed by atoms with Crippen molar-refractivity contribution in [2.75, 3.05) is 33.3 Å². The van der Waals surface area contributed by atoms with Crippen molar-refractivity contribution in [1.82, 2.24) is 40.1 Å². The van der Waals surface area contributed by atoms with Gasteiger partial charge in [0.05, 0.1) is 19.3 Å². The molecule has 0 atom stereocenters. The van der Waals surface area contributed by atoms with Crippen LogP contribution in [-0.2, 0) is 6.54 Å². The lowest BCUT2D eigenvalue weighted by Crippen LogP contribution is -2.48. The molecule has 1 saturated heterocycles. The Labute approximate surface area is 189 Å². The molecule has 0 N–H and O–H groups in total. The van der Waals surface area contributed by atoms with E-state index in [1.54, 1.807) is 13.2 Å². The number of rotatable bonds is 6. The standard InChI is InChI=1S/C22H22N8O3/c1-32-19-7-5-16(6-8-19)21-24-20(33-25-21)14-28-9-11-29(12-10-28)22(31)17-3-2-4-18(13-17)30-15-23-26-27-30/h2-8,13,15H,9-12,14H2,1H3. The number of hydrogen-bond acceptors (Lipinski definition) is 9. The molecule has 5 rings (SSSR count). The minimum Gasteiger partial charge on any atom is -0.497 e. The minimum absolute atomic E-state index is 0.0100. The summed E-state index contributed by atoms with van der Waals surface area (Å²) in [5, 5.41) is 15.2. The summed E-state index contributed by atoms with van der Waals surface area (Å²) in [7, 11) is 1.63. The van der Waals surface area contributed by atoms with Crippen molar-refractivity contribution in [2.24, 2.45) is 0 Å². The number of carbonyl (C=O) groups excluding carboxylic acids is 1. The fraction of sp³-hybridized carbons (Fsp3) is 0.273. The molecule has 0 saturated carbocycles. The normalized spacial score (nSPS) is 14.4. The van der Waals surface area contributed by atoms with Crippen LogP contribution in [-0.4, -0.2) is 79.3 Å². The Hall–Kier alpha value is -4.12. The van der Waals surface area contributed by atoms with Gasteiger partial charge in [-0.25, -0.2) is 4.68 Å². The largest absolute Gasteiger partial charge is 0.497 e. The fourth-order valence-corrected chi connectivity index (χ4v) is 3.72. The van der Waals surface area contributed by atoms with E-state index >= 15 is 0 Å². The Balaban J connectivity index is 1.17. The molecule has 2 aromatic carbocycles. The number of benzene rings is 2. The van der Waals surface area contributed by atoms with E-state index < -0.39 is 0 Å². The Kier molecular flexibility index (Phi) is 5.77. The maximum atomic E-state index is 13.0. The molecule has 4 aromatic rings. The Morgan fingerprint density at radius 1 is 1.09 bits per heavy atom. The topological polar surface area (TPSA) is 115 Å². The first-order chi connectivity index (χ1) is 16.2. The average molecular weight is 446 g/mol. The zero-order chi connectivity index (χ0) is 22.6. The molecule has 33 heavy (non-hydrogen) atoms. The van der Waals surface area contributed by atoms with Crippen molar-refractivity contribution in [3.05, 3.63) is 66.3 Å². The first-order valence-electron chi connectivity index (χ1n) is 10.5. The van der Waals surface area contributed by atoms with Gasteiger partial charge >= 0.3 is 0 Å². The zero-order valence-corrected chi connectivity index (χ0v) is 18.0. The third kappa shape index (κ3) is 4.58. The monoisotopic (exact) mass is 446 g/mol. The van der Waals surface area contributed by atoms with Gasteiger partial charge in [0, 0.05) is 37.3 Å². The van der Waals surface area contributed by atoms with E-state index in [2.05, 4.69) is 30.6 Å². The quantitative estimate of drug-likeness (QED) is 0.436. The van der Waals surface area contributed by atoms with Gasteiger partial charge in [-0.2, -0.15) is 4.98 Å². The van der Waals surface area contributed by atoms with Crippen LogP contribution < -0.4 is 4.74 Å². The summed E-state index contributed by atoms with van der Waals surface area (Å²) in [6.07, 6.45) is 1.50. The summed E-state index contributed by atoms with van der Waals surface area (Å²) in [5.74, 6) is 1.86. The smallest absolute Gasteiger partial charge is 0.254 e. The van der Waals surface area contributed by atoms with E-state index in [9.17, 15) is 4.79 Å². The highest BCUT2D eigenvalue weighted by molar-refractivity contribution is 5.94. The van der Waals surface area contributed by atoms with E-state index in [0.717, 1.165) is 30.1 Å². The molecule has 0 aliphatic carbocycles. The second-order valence-corrected chi connectivity index (χ2v) is 7.61. The number of carbonyl (C=O) groups is 1. The predicted molar refractivity (Wildman–Crippen MR) is 117 cm³/mol. The molecule has 0 spiro atoms. The Morgan fingerprint density at radius 2 is 1.91 bits per heavy atom. The molecule has 11 heteroatoms. The van der Waals surface area contributed by atoms with Crippen LogP contribution in [0.25, 0.3) is 17.1 Å². The average Bonchev–Trinajstić information content (AvgIpc) is 3.57. The summed E-state index contributed by atoms with van der Waals surface area (Å²) in [6.45, 7) is 3.22. The third-order valence-electron chi connectivity index (χ3n) is 5.54. The van der Waals surface area contributed by atoms with Gasteiger partial charge in [0.15, 0.2) is 0 Å². The van der Waals surface area contributed by atoms with Crippen molar-refractivity contribution in [1.29, 1.82) is 0 Å². The predicted octanol–water partition coefficient (Wildman–Crippen LogP) is 1.68. The second kappa shape index (κ2) is 9.17. The number of aromatic nitrogens is 6. The van der Waals surface area contributed by atoms with Crippen LogP contribution in [0.4, 0.5) is 0 Å². The van der Waals surface area contributed by atoms with Crippen LogP contribution in [0.3, 0.4) is 0 Å². The lowest BCUT2D eigenvalue weighted by molar-refractivity contribution is 0.0615. The lowest BCUT2D eigenvalue weighted by atomic mass is 10.1. The highest BCUT2D eigenvalue weighted by Crippen LogP contribution is 2.20. The van der Waals surface area contributed by atoms with Crippen LogP contribution in [0.1, 0.15) is 16.2 Å². The van der Waals surface area contributed by atoms with Crippen LogP contribution in [0.15, 0.2) is 59.4 Å². The molecule has 1 aliphatic heterocycles. The van der Waals surface area contributed by atoms with Crippen molar-refractivity contribution in [2.45, 2.75) is 6.54 Å². The lowest BCUT2D eigenvalue weighted by Gasteiger charge is -2.34. The molecule has 11 nitrogen and oxygen atoms in total. The van der Waals surface area contributed by atoms with Crippen LogP contribution in [0, 0.1) is 0 Å². The molecular weight excluding hydrogens is 424 g/mol. The Bertz CT molecular complexity index is 1210. The van der Waals surface area contributed by atoms with Gasteiger partial charge in [-0.3, -0.25) is 9.69 Å². The van der Waals surface area contributed by atoms with Gasteiger partial charge in [-0.15, -0.1) is 5.10 Å². The molecule has 2 aromatic heterocycles. The summed E-state index contributed by atoms with van der Waals surface area (Å²) < 4.78 is 12.1. The molecular formula is C22H22N8O3. The molecule has 1 aliphatic rings. The van der Waals surface area contributed by atoms with E-state index in [1.165, 1.54) is 11.0 Å². The second-order valence-electron chi connectivity index (χ2n) is 7.61. The Morgan fingerprint density at radius 3 is 2.64 bits per heavy atom. The highest BCUT2D eigenvalue weighted by Gasteiger charge is 2.24. The number of ether oxygens (including phenoxy) is 1. The van der Waals surface area contributed by atoms with Crippen LogP contribution in [0.2, 0.25) is 0 Å². The highest BCUT2D eigenvalue weighted by atomic mass is 16.5. The molecule has 0 unspecified atom stereocenters. The first kappa shape index (κ1) is 20.8. The van der Waals surface area contributed by atoms with Gasteiger partial charge in [0.1, 0.15) is 12.1 Å². The molecule has 0 radical (unpaired) electrons. The molecule has 3 heterocycles. The number of piperazine rings is 1. The van der Waals surface area contributed by atoms with Crippen molar-refractivity contribution < 1.29 is 14.1 Å². The molecule has 0 bridgehead atoms. The summed E-state index contributed by atoms with van der Waals surface area (Å²) in [6, 6.07) is 14.8. The van der Waals surface area contributed by atoms with Gasteiger partial charge in [0.2, 0.25) is 11.7 Å². The van der Waals surface area contributed by atoms with E-state index in [0.29, 0.717) is 36.9 Å². The maximum Gasteiger partial charge on any atom is 0.254 e. The molecule has 168 valence electrons. The summed E-state index contributed by atoms with van der Waals surface area (Å²) in [5.41, 5.74) is 2.22. The number of tetrazole rings is 1. The van der Waals surface area contributed by atoms with Crippen molar-refractivity contribution >= 4 is 5.91 Å². The number of nitrogens with zero attached hydrogens (tertiary/aromatic N) is 8. The van der Waals surface area contributed by atoms with Gasteiger partial charge in [-0.05, 0) is 52.9 Å². The number of amides is 1. The molecule has 1 amide bonds. The van der Waals surface area contributed by atoms with E-state index in [4.69, 9.17) is 9.26 Å². The van der Waals surface area contributed by atoms with Crippen molar-refractivity contribution in [3.8, 4) is 22.8 Å². The maximum absolute atomic E-state index is 13.0. The van der Waals surface area contributed by atoms with Gasteiger partial charge < -0.3 is 14.2 Å². The van der Waals surface area contributed by atoms with E-state index in [1.807, 2.05) is 47.4 Å². The minimum atomic E-state index is -0.0100. The summed E-state index contributed by atoms with van der Waals surface area (Å²) >= 11 is 0. The number of hydrogen-bond donors (Lipinski definition) is 0. The zero-order valence-electron chi connectivity index (χ0n) is 18.0. The summed E-state index contributed by atoms with van der Waals surface area (Å²) in [4.78, 5) is 21.5. The fourth-order valence-electron chi connectivity index (χ4n) is 3.72. The SMILES string of the molecule is COc1ccc(-c2noc(CN3CCN(C(=O)c4cccc(-n5cnnn5)c4)CC3)n2)cc1. The van der Waals surface area contributed by atoms with Crippen LogP contribution in [0.5, 0.6) is 5.75 Å². The first-order valence-corrected chi connectivity index (χ1v) is 10.5. The number of methoxy groups -OCH3 is 1. The van der Waals surface area contributed by atoms with Crippen molar-refractivity contribution in [3.63, 3.8) is 0 Å². The van der Waals surface area contributed by atoms with E-state index in [-0.39, 0.29) is 5.91 Å². The van der Waals surface area contributed by atoms with Gasteiger partial charge in [-0.1, -0.05) is 11.2 Å². The van der Waals surface area contributed by atoms with Crippen LogP contribution >= 0.6 is 0 Å². The van der Waals surface area contributed by atoms with Gasteiger partial charge in [0.25, 0.3) is 5.91 Å². The third-order valence-corrected chi connectivity index (χ3v) is 5.54.